The predicted octanol–water partition coefficient (Wildman–Crippen LogP) is 2.02. The quantitative estimate of drug-likeness (QED) is 0.815. The van der Waals surface area contributed by atoms with E-state index in [0.29, 0.717) is 12.3 Å². The normalized spacial score (nSPS) is 12.0. The minimum Gasteiger partial charge on any atom is -0.389 e. The van der Waals surface area contributed by atoms with Gasteiger partial charge in [0.25, 0.3) is 0 Å². The van der Waals surface area contributed by atoms with E-state index in [0.717, 1.165) is 5.56 Å². The summed E-state index contributed by atoms with van der Waals surface area (Å²) in [5.74, 6) is 0.272. The van der Waals surface area contributed by atoms with Gasteiger partial charge in [0.05, 0.1) is 31.6 Å². The molecule has 0 fully saturated rings. The van der Waals surface area contributed by atoms with E-state index in [2.05, 4.69) is 10.5 Å². The zero-order chi connectivity index (χ0) is 16.7. The SMILES string of the molecule is Cc1cc(NC(=O)N(C)CC(O)COCc2ccccc2)on1. The van der Waals surface area contributed by atoms with Crippen LogP contribution in [0.4, 0.5) is 10.7 Å². The van der Waals surface area contributed by atoms with Gasteiger partial charge in [0.15, 0.2) is 0 Å². The highest BCUT2D eigenvalue weighted by atomic mass is 16.5. The fourth-order valence-corrected chi connectivity index (χ4v) is 1.96. The van der Waals surface area contributed by atoms with Gasteiger partial charge in [-0.15, -0.1) is 0 Å². The lowest BCUT2D eigenvalue weighted by Crippen LogP contribution is -2.38. The topological polar surface area (TPSA) is 87.8 Å². The second-order valence-electron chi connectivity index (χ2n) is 5.30. The molecular formula is C16H21N3O4. The molecule has 1 heterocycles. The van der Waals surface area contributed by atoms with Gasteiger partial charge in [-0.3, -0.25) is 5.32 Å². The second kappa shape index (κ2) is 8.30. The van der Waals surface area contributed by atoms with Crippen molar-refractivity contribution in [1.82, 2.24) is 10.1 Å². The summed E-state index contributed by atoms with van der Waals surface area (Å²) >= 11 is 0. The molecule has 0 saturated heterocycles. The first-order valence-corrected chi connectivity index (χ1v) is 7.30. The molecule has 0 radical (unpaired) electrons. The second-order valence-corrected chi connectivity index (χ2v) is 5.30. The summed E-state index contributed by atoms with van der Waals surface area (Å²) in [6, 6.07) is 10.9. The maximum atomic E-state index is 11.9. The fourth-order valence-electron chi connectivity index (χ4n) is 1.96. The number of hydrogen-bond acceptors (Lipinski definition) is 5. The molecule has 0 bridgehead atoms. The van der Waals surface area contributed by atoms with Gasteiger partial charge in [0, 0.05) is 13.1 Å². The van der Waals surface area contributed by atoms with Gasteiger partial charge < -0.3 is 19.3 Å². The third-order valence-corrected chi connectivity index (χ3v) is 3.11. The number of rotatable bonds is 7. The van der Waals surface area contributed by atoms with Crippen LogP contribution in [-0.2, 0) is 11.3 Å². The summed E-state index contributed by atoms with van der Waals surface area (Å²) in [5.41, 5.74) is 1.71. The lowest BCUT2D eigenvalue weighted by molar-refractivity contribution is 0.0188. The summed E-state index contributed by atoms with van der Waals surface area (Å²) < 4.78 is 10.4. The monoisotopic (exact) mass is 319 g/mol. The maximum absolute atomic E-state index is 11.9. The van der Waals surface area contributed by atoms with Gasteiger partial charge in [-0.1, -0.05) is 35.5 Å². The van der Waals surface area contributed by atoms with E-state index in [1.807, 2.05) is 30.3 Å². The highest BCUT2D eigenvalue weighted by Gasteiger charge is 2.15. The number of benzene rings is 1. The minimum absolute atomic E-state index is 0.147. The molecule has 1 unspecified atom stereocenters. The molecule has 1 atom stereocenters. The first kappa shape index (κ1) is 17.0. The Bertz CT molecular complexity index is 615. The Morgan fingerprint density at radius 1 is 1.43 bits per heavy atom. The molecule has 2 amide bonds. The number of nitrogens with one attached hydrogen (secondary N) is 1. The zero-order valence-electron chi connectivity index (χ0n) is 13.2. The van der Waals surface area contributed by atoms with Crippen LogP contribution >= 0.6 is 0 Å². The van der Waals surface area contributed by atoms with Gasteiger partial charge in [-0.25, -0.2) is 4.79 Å². The van der Waals surface area contributed by atoms with Crippen molar-refractivity contribution in [3.05, 3.63) is 47.7 Å². The zero-order valence-corrected chi connectivity index (χ0v) is 13.2. The number of carbonyl (C=O) groups is 1. The Labute approximate surface area is 134 Å². The number of nitrogens with zero attached hydrogens (tertiary/aromatic N) is 2. The largest absolute Gasteiger partial charge is 0.389 e. The fraction of sp³-hybridized carbons (Fsp3) is 0.375. The standard InChI is InChI=1S/C16H21N3O4/c1-12-8-15(23-18-12)17-16(21)19(2)9-14(20)11-22-10-13-6-4-3-5-7-13/h3-8,14,20H,9-11H2,1-2H3,(H,17,21). The van der Waals surface area contributed by atoms with Crippen molar-refractivity contribution in [1.29, 1.82) is 0 Å². The average molecular weight is 319 g/mol. The summed E-state index contributed by atoms with van der Waals surface area (Å²) in [6.45, 7) is 2.48. The third-order valence-electron chi connectivity index (χ3n) is 3.11. The van der Waals surface area contributed by atoms with Gasteiger partial charge in [-0.05, 0) is 12.5 Å². The van der Waals surface area contributed by atoms with Gasteiger partial charge in [0.2, 0.25) is 5.88 Å². The summed E-state index contributed by atoms with van der Waals surface area (Å²) in [6.07, 6.45) is -0.772. The number of urea groups is 1. The van der Waals surface area contributed by atoms with Crippen LogP contribution in [0.1, 0.15) is 11.3 Å². The van der Waals surface area contributed by atoms with Crippen molar-refractivity contribution in [2.24, 2.45) is 0 Å². The smallest absolute Gasteiger partial charge is 0.324 e. The third kappa shape index (κ3) is 5.72. The van der Waals surface area contributed by atoms with E-state index in [9.17, 15) is 9.90 Å². The molecule has 0 saturated carbocycles. The van der Waals surface area contributed by atoms with Crippen LogP contribution in [0.15, 0.2) is 40.9 Å². The Hall–Kier alpha value is -2.38. The van der Waals surface area contributed by atoms with Crippen LogP contribution in [0, 0.1) is 6.92 Å². The number of likely N-dealkylation sites (N-methyl/N-ethyl adjacent to an activating group) is 1. The number of amides is 2. The van der Waals surface area contributed by atoms with E-state index in [-0.39, 0.29) is 25.1 Å². The van der Waals surface area contributed by atoms with Crippen molar-refractivity contribution in [2.75, 3.05) is 25.5 Å². The number of aliphatic hydroxyl groups is 1. The van der Waals surface area contributed by atoms with Gasteiger partial charge in [0.1, 0.15) is 0 Å². The van der Waals surface area contributed by atoms with Crippen molar-refractivity contribution in [3.63, 3.8) is 0 Å². The Kier molecular flexibility index (Phi) is 6.13. The van der Waals surface area contributed by atoms with E-state index >= 15 is 0 Å². The summed E-state index contributed by atoms with van der Waals surface area (Å²) in [5, 5.41) is 16.2. The Morgan fingerprint density at radius 2 is 2.17 bits per heavy atom. The number of aliphatic hydroxyl groups excluding tert-OH is 1. The average Bonchev–Trinajstić information content (AvgIpc) is 2.93. The van der Waals surface area contributed by atoms with E-state index in [1.54, 1.807) is 20.0 Å². The predicted molar refractivity (Wildman–Crippen MR) is 85.0 cm³/mol. The molecule has 23 heavy (non-hydrogen) atoms. The first-order chi connectivity index (χ1) is 11.0. The molecule has 0 aliphatic heterocycles. The molecule has 7 nitrogen and oxygen atoms in total. The van der Waals surface area contributed by atoms with Crippen LogP contribution in [0.3, 0.4) is 0 Å². The van der Waals surface area contributed by atoms with Crippen molar-refractivity contribution >= 4 is 11.9 Å². The number of aryl methyl sites for hydroxylation is 1. The van der Waals surface area contributed by atoms with Gasteiger partial charge >= 0.3 is 6.03 Å². The molecule has 0 aliphatic rings. The van der Waals surface area contributed by atoms with Crippen LogP contribution in [-0.4, -0.2) is 47.5 Å². The van der Waals surface area contributed by atoms with Crippen LogP contribution < -0.4 is 5.32 Å². The van der Waals surface area contributed by atoms with E-state index in [1.165, 1.54) is 4.90 Å². The van der Waals surface area contributed by atoms with Crippen LogP contribution in [0.5, 0.6) is 0 Å². The molecule has 7 heteroatoms. The highest BCUT2D eigenvalue weighted by molar-refractivity contribution is 5.87. The molecular weight excluding hydrogens is 298 g/mol. The van der Waals surface area contributed by atoms with Gasteiger partial charge in [-0.2, -0.15) is 0 Å². The molecule has 1 aromatic carbocycles. The number of anilines is 1. The summed E-state index contributed by atoms with van der Waals surface area (Å²) in [4.78, 5) is 13.3. The Morgan fingerprint density at radius 3 is 2.83 bits per heavy atom. The molecule has 0 spiro atoms. The van der Waals surface area contributed by atoms with Crippen LogP contribution in [0.2, 0.25) is 0 Å². The van der Waals surface area contributed by atoms with Crippen molar-refractivity contribution < 1.29 is 19.2 Å². The van der Waals surface area contributed by atoms with E-state index < -0.39 is 6.10 Å². The van der Waals surface area contributed by atoms with Crippen molar-refractivity contribution in [3.8, 4) is 0 Å². The molecule has 2 rings (SSSR count). The first-order valence-electron chi connectivity index (χ1n) is 7.30. The number of ether oxygens (including phenoxy) is 1. The van der Waals surface area contributed by atoms with Crippen molar-refractivity contribution in [2.45, 2.75) is 19.6 Å². The number of hydrogen-bond donors (Lipinski definition) is 2. The minimum atomic E-state index is -0.772. The number of carbonyl (C=O) groups excluding carboxylic acids is 1. The molecule has 1 aromatic heterocycles. The maximum Gasteiger partial charge on any atom is 0.324 e. The Balaban J connectivity index is 1.69. The number of aromatic nitrogens is 1. The molecule has 0 aliphatic carbocycles. The highest BCUT2D eigenvalue weighted by Crippen LogP contribution is 2.09. The molecule has 2 aromatic rings. The summed E-state index contributed by atoms with van der Waals surface area (Å²) in [7, 11) is 1.58. The lowest BCUT2D eigenvalue weighted by atomic mass is 10.2. The van der Waals surface area contributed by atoms with Crippen LogP contribution in [0.25, 0.3) is 0 Å². The molecule has 124 valence electrons. The molecule has 2 N–H and O–H groups in total. The lowest BCUT2D eigenvalue weighted by Gasteiger charge is -2.20. The van der Waals surface area contributed by atoms with E-state index in [4.69, 9.17) is 9.26 Å².